The van der Waals surface area contributed by atoms with Gasteiger partial charge in [0.25, 0.3) is 5.24 Å². The fourth-order valence-electron chi connectivity index (χ4n) is 3.71. The van der Waals surface area contributed by atoms with Crippen molar-refractivity contribution in [2.45, 2.75) is 30.3 Å². The molecule has 7 nitrogen and oxygen atoms in total. The van der Waals surface area contributed by atoms with Crippen LogP contribution < -0.4 is 9.64 Å². The third-order valence-electron chi connectivity index (χ3n) is 5.26. The zero-order valence-electron chi connectivity index (χ0n) is 15.9. The molecule has 0 N–H and O–H groups in total. The van der Waals surface area contributed by atoms with Gasteiger partial charge in [-0.15, -0.1) is 0 Å². The summed E-state index contributed by atoms with van der Waals surface area (Å²) in [4.78, 5) is 23.9. The summed E-state index contributed by atoms with van der Waals surface area (Å²) in [6.45, 7) is 1.76. The van der Waals surface area contributed by atoms with Gasteiger partial charge in [0.15, 0.2) is 10.7 Å². The lowest BCUT2D eigenvalue weighted by Crippen LogP contribution is -2.39. The minimum Gasteiger partial charge on any atom is -0.612 e. The Morgan fingerprint density at radius 3 is 2.72 bits per heavy atom. The first-order valence-corrected chi connectivity index (χ1v) is 11.3. The van der Waals surface area contributed by atoms with Crippen LogP contribution in [0.4, 0.5) is 20.7 Å². The molecule has 2 aliphatic rings. The Morgan fingerprint density at radius 1 is 1.31 bits per heavy atom. The van der Waals surface area contributed by atoms with Crippen molar-refractivity contribution in [1.29, 1.82) is 0 Å². The lowest BCUT2D eigenvalue weighted by Gasteiger charge is -2.31. The molecule has 1 aromatic carbocycles. The minimum absolute atomic E-state index is 0.0393. The predicted octanol–water partition coefficient (Wildman–Crippen LogP) is 2.94. The lowest BCUT2D eigenvalue weighted by molar-refractivity contribution is 0.114. The Balaban J connectivity index is 1.53. The maximum absolute atomic E-state index is 14.6. The quantitative estimate of drug-likeness (QED) is 0.586. The number of anilines is 2. The average molecular weight is 437 g/mol. The number of rotatable bonds is 4. The number of carbonyl (C=O) groups excluding carboxylic acids is 1. The van der Waals surface area contributed by atoms with Gasteiger partial charge in [0, 0.05) is 38.5 Å². The Labute approximate surface area is 176 Å². The van der Waals surface area contributed by atoms with Crippen molar-refractivity contribution in [3.63, 3.8) is 0 Å². The zero-order valence-corrected chi connectivity index (χ0v) is 17.6. The number of hydrogen-bond acceptors (Lipinski definition) is 6. The van der Waals surface area contributed by atoms with E-state index in [2.05, 4.69) is 22.6 Å². The second-order valence-electron chi connectivity index (χ2n) is 7.04. The molecule has 1 fully saturated rings. The molecule has 3 heterocycles. The van der Waals surface area contributed by atoms with Crippen LogP contribution in [-0.4, -0.2) is 56.7 Å². The summed E-state index contributed by atoms with van der Waals surface area (Å²) in [5, 5.41) is -0.220. The van der Waals surface area contributed by atoms with Gasteiger partial charge in [-0.2, -0.15) is 0 Å². The number of nitrogens with zero attached hydrogens (tertiary/aromatic N) is 4. The van der Waals surface area contributed by atoms with Gasteiger partial charge in [-0.3, -0.25) is 4.79 Å². The third kappa shape index (κ3) is 4.15. The van der Waals surface area contributed by atoms with Crippen LogP contribution in [0.5, 0.6) is 5.88 Å². The molecule has 29 heavy (non-hydrogen) atoms. The van der Waals surface area contributed by atoms with E-state index in [0.29, 0.717) is 61.2 Å². The van der Waals surface area contributed by atoms with Crippen LogP contribution in [0.2, 0.25) is 0 Å². The van der Waals surface area contributed by atoms with E-state index in [1.165, 1.54) is 18.6 Å². The smallest absolute Gasteiger partial charge is 0.278 e. The number of carbonyl (C=O) groups is 1. The molecular weight excluding hydrogens is 415 g/mol. The summed E-state index contributed by atoms with van der Waals surface area (Å²) in [5.41, 5.74) is 1.24. The highest BCUT2D eigenvalue weighted by atomic mass is 32.2. The summed E-state index contributed by atoms with van der Waals surface area (Å²) >= 11 is 2.62. The topological polar surface area (TPSA) is 81.6 Å². The van der Waals surface area contributed by atoms with E-state index in [1.54, 1.807) is 21.9 Å². The highest BCUT2D eigenvalue weighted by molar-refractivity contribution is 7.96. The van der Waals surface area contributed by atoms with Gasteiger partial charge >= 0.3 is 0 Å². The Kier molecular flexibility index (Phi) is 5.84. The van der Waals surface area contributed by atoms with Crippen LogP contribution >= 0.6 is 12.6 Å². The molecular formula is C19H21FN4O3S2. The van der Waals surface area contributed by atoms with Gasteiger partial charge in [0.2, 0.25) is 5.88 Å². The molecule has 2 aromatic rings. The van der Waals surface area contributed by atoms with Gasteiger partial charge in [-0.1, -0.05) is 12.6 Å². The molecule has 1 atom stereocenters. The summed E-state index contributed by atoms with van der Waals surface area (Å²) in [6.07, 6.45) is 4.96. The standard InChI is InChI=1S/C19H21FN4O3S2/c1-29(26)13-2-3-16(15(20)10-13)24-9-6-14-17(24)21-11-22-18(14)27-12-4-7-23(8-5-12)19(25)28/h2-3,10-12H,4-9H2,1H3,(H,25,28). The molecule has 0 aliphatic carbocycles. The van der Waals surface area contributed by atoms with Crippen LogP contribution in [0.25, 0.3) is 0 Å². The maximum Gasteiger partial charge on any atom is 0.278 e. The first-order valence-electron chi connectivity index (χ1n) is 9.33. The van der Waals surface area contributed by atoms with Gasteiger partial charge in [0.1, 0.15) is 24.5 Å². The van der Waals surface area contributed by atoms with E-state index < -0.39 is 17.0 Å². The van der Waals surface area contributed by atoms with Crippen LogP contribution in [0.15, 0.2) is 29.4 Å². The van der Waals surface area contributed by atoms with E-state index in [4.69, 9.17) is 4.74 Å². The summed E-state index contributed by atoms with van der Waals surface area (Å²) in [6, 6.07) is 4.61. The van der Waals surface area contributed by atoms with Gasteiger partial charge in [-0.05, 0) is 29.7 Å². The number of benzene rings is 1. The van der Waals surface area contributed by atoms with Crippen molar-refractivity contribution >= 4 is 40.5 Å². The molecule has 0 saturated carbocycles. The highest BCUT2D eigenvalue weighted by Gasteiger charge is 2.30. The molecule has 1 saturated heterocycles. The number of piperidine rings is 1. The van der Waals surface area contributed by atoms with Crippen molar-refractivity contribution in [3.8, 4) is 5.88 Å². The second kappa shape index (κ2) is 8.37. The number of ether oxygens (including phenoxy) is 1. The second-order valence-corrected chi connectivity index (χ2v) is 8.80. The largest absolute Gasteiger partial charge is 0.612 e. The molecule has 2 aliphatic heterocycles. The predicted molar refractivity (Wildman–Crippen MR) is 111 cm³/mol. The third-order valence-corrected chi connectivity index (χ3v) is 6.46. The molecule has 10 heteroatoms. The lowest BCUT2D eigenvalue weighted by atomic mass is 10.1. The molecule has 0 spiro atoms. The molecule has 1 aromatic heterocycles. The van der Waals surface area contributed by atoms with Crippen molar-refractivity contribution < 1.29 is 18.5 Å². The van der Waals surface area contributed by atoms with Crippen LogP contribution in [0.1, 0.15) is 18.4 Å². The van der Waals surface area contributed by atoms with Gasteiger partial charge in [-0.25, -0.2) is 14.4 Å². The van der Waals surface area contributed by atoms with Crippen LogP contribution in [0, 0.1) is 5.82 Å². The van der Waals surface area contributed by atoms with Crippen molar-refractivity contribution in [2.75, 3.05) is 30.8 Å². The fourth-order valence-corrected chi connectivity index (χ4v) is 4.44. The monoisotopic (exact) mass is 436 g/mol. The van der Waals surface area contributed by atoms with E-state index in [9.17, 15) is 13.7 Å². The first kappa shape index (κ1) is 20.2. The first-order chi connectivity index (χ1) is 13.9. The van der Waals surface area contributed by atoms with E-state index in [0.717, 1.165) is 5.56 Å². The summed E-state index contributed by atoms with van der Waals surface area (Å²) < 4.78 is 32.3. The number of halogens is 1. The van der Waals surface area contributed by atoms with E-state index in [-0.39, 0.29) is 11.3 Å². The number of amides is 1. The van der Waals surface area contributed by atoms with Crippen molar-refractivity contribution in [2.24, 2.45) is 0 Å². The van der Waals surface area contributed by atoms with Gasteiger partial charge < -0.3 is 19.1 Å². The van der Waals surface area contributed by atoms with Crippen LogP contribution in [0.3, 0.4) is 0 Å². The fraction of sp³-hybridized carbons (Fsp3) is 0.421. The number of aromatic nitrogens is 2. The molecule has 1 unspecified atom stereocenters. The molecule has 1 amide bonds. The zero-order chi connectivity index (χ0) is 20.5. The maximum atomic E-state index is 14.6. The SMILES string of the molecule is C[S+]([O-])c1ccc(N2CCc3c(OC4CCN(C(=O)S)CC4)ncnc32)c(F)c1. The van der Waals surface area contributed by atoms with E-state index in [1.807, 2.05) is 0 Å². The minimum atomic E-state index is -1.24. The Bertz CT molecular complexity index is 922. The number of hydrogen-bond donors (Lipinski definition) is 1. The molecule has 4 rings (SSSR count). The average Bonchev–Trinajstić information content (AvgIpc) is 3.13. The number of fused-ring (bicyclic) bond motifs is 1. The Morgan fingerprint density at radius 2 is 2.07 bits per heavy atom. The number of thiol groups is 1. The van der Waals surface area contributed by atoms with Crippen molar-refractivity contribution in [3.05, 3.63) is 35.9 Å². The normalized spacial score (nSPS) is 17.9. The molecule has 0 bridgehead atoms. The van der Waals surface area contributed by atoms with Gasteiger partial charge in [0.05, 0.1) is 11.3 Å². The summed E-state index contributed by atoms with van der Waals surface area (Å²) in [5.74, 6) is 0.706. The number of likely N-dealkylation sites (tertiary alicyclic amines) is 1. The van der Waals surface area contributed by atoms with Crippen LogP contribution in [-0.2, 0) is 17.6 Å². The Hall–Kier alpha value is -2.04. The molecule has 154 valence electrons. The molecule has 0 radical (unpaired) electrons. The highest BCUT2D eigenvalue weighted by Crippen LogP contribution is 2.38. The summed E-state index contributed by atoms with van der Waals surface area (Å²) in [7, 11) is 0. The van der Waals surface area contributed by atoms with Crippen molar-refractivity contribution in [1.82, 2.24) is 14.9 Å². The van der Waals surface area contributed by atoms with E-state index >= 15 is 0 Å².